The molecule has 1 aromatic carbocycles. The van der Waals surface area contributed by atoms with Gasteiger partial charge in [0.2, 0.25) is 0 Å². The zero-order valence-electron chi connectivity index (χ0n) is 12.9. The Morgan fingerprint density at radius 2 is 1.86 bits per heavy atom. The van der Waals surface area contributed by atoms with Crippen LogP contribution in [-0.4, -0.2) is 28.9 Å². The molecule has 1 aromatic heterocycles. The molecule has 3 rings (SSSR count). The first kappa shape index (κ1) is 14.1. The molecule has 0 radical (unpaired) electrons. The van der Waals surface area contributed by atoms with Gasteiger partial charge in [-0.1, -0.05) is 29.8 Å². The molecule has 0 unspecified atom stereocenters. The SMILES string of the molecule is Cc1ccc(Cc2c(N3CCC(N)CC3)cnn2C)cc1. The van der Waals surface area contributed by atoms with Crippen LogP contribution in [0.5, 0.6) is 0 Å². The van der Waals surface area contributed by atoms with E-state index in [1.165, 1.54) is 22.5 Å². The molecule has 1 aliphatic rings. The first-order chi connectivity index (χ1) is 10.1. The molecule has 2 aromatic rings. The smallest absolute Gasteiger partial charge is 0.0788 e. The van der Waals surface area contributed by atoms with Crippen molar-refractivity contribution in [3.8, 4) is 0 Å². The van der Waals surface area contributed by atoms with Gasteiger partial charge in [0.1, 0.15) is 0 Å². The number of piperidine rings is 1. The second kappa shape index (κ2) is 5.90. The molecule has 112 valence electrons. The van der Waals surface area contributed by atoms with Crippen LogP contribution in [0.25, 0.3) is 0 Å². The van der Waals surface area contributed by atoms with Crippen LogP contribution in [-0.2, 0) is 13.5 Å². The number of nitrogens with zero attached hydrogens (tertiary/aromatic N) is 3. The van der Waals surface area contributed by atoms with Crippen LogP contribution in [0.15, 0.2) is 30.5 Å². The van der Waals surface area contributed by atoms with E-state index in [0.717, 1.165) is 32.4 Å². The summed E-state index contributed by atoms with van der Waals surface area (Å²) in [5.41, 5.74) is 11.2. The van der Waals surface area contributed by atoms with Crippen molar-refractivity contribution in [2.45, 2.75) is 32.2 Å². The summed E-state index contributed by atoms with van der Waals surface area (Å²) in [7, 11) is 2.03. The van der Waals surface area contributed by atoms with Crippen LogP contribution in [0.1, 0.15) is 29.7 Å². The molecule has 4 nitrogen and oxygen atoms in total. The van der Waals surface area contributed by atoms with Crippen LogP contribution in [0.2, 0.25) is 0 Å². The van der Waals surface area contributed by atoms with Crippen molar-refractivity contribution in [1.82, 2.24) is 9.78 Å². The van der Waals surface area contributed by atoms with E-state index in [-0.39, 0.29) is 0 Å². The van der Waals surface area contributed by atoms with Crippen LogP contribution >= 0.6 is 0 Å². The zero-order chi connectivity index (χ0) is 14.8. The number of anilines is 1. The summed E-state index contributed by atoms with van der Waals surface area (Å²) in [6, 6.07) is 9.12. The van der Waals surface area contributed by atoms with E-state index in [4.69, 9.17) is 5.73 Å². The normalized spacial score (nSPS) is 16.4. The highest BCUT2D eigenvalue weighted by Crippen LogP contribution is 2.25. The molecule has 0 amide bonds. The number of nitrogens with two attached hydrogens (primary N) is 1. The fourth-order valence-electron chi connectivity index (χ4n) is 2.96. The van der Waals surface area contributed by atoms with Gasteiger partial charge < -0.3 is 10.6 Å². The minimum Gasteiger partial charge on any atom is -0.369 e. The fourth-order valence-corrected chi connectivity index (χ4v) is 2.96. The predicted molar refractivity (Wildman–Crippen MR) is 86.6 cm³/mol. The number of hydrogen-bond donors (Lipinski definition) is 1. The second-order valence-corrected chi connectivity index (χ2v) is 6.09. The van der Waals surface area contributed by atoms with Crippen molar-refractivity contribution in [3.63, 3.8) is 0 Å². The molecule has 0 bridgehead atoms. The lowest BCUT2D eigenvalue weighted by Gasteiger charge is -2.31. The molecule has 1 saturated heterocycles. The van der Waals surface area contributed by atoms with Crippen LogP contribution < -0.4 is 10.6 Å². The lowest BCUT2D eigenvalue weighted by Crippen LogP contribution is -2.40. The van der Waals surface area contributed by atoms with E-state index in [1.807, 2.05) is 17.9 Å². The van der Waals surface area contributed by atoms with Gasteiger partial charge in [-0.3, -0.25) is 4.68 Å². The Hall–Kier alpha value is -1.81. The summed E-state index contributed by atoms with van der Waals surface area (Å²) in [4.78, 5) is 2.43. The highest BCUT2D eigenvalue weighted by molar-refractivity contribution is 5.51. The molecule has 0 spiro atoms. The maximum atomic E-state index is 6.01. The monoisotopic (exact) mass is 284 g/mol. The van der Waals surface area contributed by atoms with Gasteiger partial charge in [-0.15, -0.1) is 0 Å². The van der Waals surface area contributed by atoms with Crippen molar-refractivity contribution in [1.29, 1.82) is 0 Å². The summed E-state index contributed by atoms with van der Waals surface area (Å²) in [5.74, 6) is 0. The summed E-state index contributed by atoms with van der Waals surface area (Å²) in [6.07, 6.45) is 5.06. The number of rotatable bonds is 3. The van der Waals surface area contributed by atoms with E-state index < -0.39 is 0 Å². The van der Waals surface area contributed by atoms with E-state index in [0.29, 0.717) is 6.04 Å². The van der Waals surface area contributed by atoms with E-state index in [9.17, 15) is 0 Å². The molecule has 0 saturated carbocycles. The molecule has 21 heavy (non-hydrogen) atoms. The van der Waals surface area contributed by atoms with Crippen LogP contribution in [0.4, 0.5) is 5.69 Å². The van der Waals surface area contributed by atoms with Gasteiger partial charge in [0, 0.05) is 32.6 Å². The summed E-state index contributed by atoms with van der Waals surface area (Å²) >= 11 is 0. The average molecular weight is 284 g/mol. The van der Waals surface area contributed by atoms with Crippen molar-refractivity contribution >= 4 is 5.69 Å². The maximum absolute atomic E-state index is 6.01. The first-order valence-electron chi connectivity index (χ1n) is 7.70. The highest BCUT2D eigenvalue weighted by Gasteiger charge is 2.21. The zero-order valence-corrected chi connectivity index (χ0v) is 12.9. The topological polar surface area (TPSA) is 47.1 Å². The third-order valence-electron chi connectivity index (χ3n) is 4.41. The Balaban J connectivity index is 1.81. The summed E-state index contributed by atoms with van der Waals surface area (Å²) in [6.45, 7) is 4.19. The first-order valence-corrected chi connectivity index (χ1v) is 7.70. The van der Waals surface area contributed by atoms with Gasteiger partial charge in [-0.2, -0.15) is 5.10 Å². The second-order valence-electron chi connectivity index (χ2n) is 6.09. The fraction of sp³-hybridized carbons (Fsp3) is 0.471. The molecule has 1 aliphatic heterocycles. The minimum absolute atomic E-state index is 0.360. The van der Waals surface area contributed by atoms with Crippen molar-refractivity contribution < 1.29 is 0 Å². The molecular formula is C17H24N4. The molecule has 2 N–H and O–H groups in total. The highest BCUT2D eigenvalue weighted by atomic mass is 15.3. The van der Waals surface area contributed by atoms with Gasteiger partial charge in [0.25, 0.3) is 0 Å². The number of aromatic nitrogens is 2. The van der Waals surface area contributed by atoms with Gasteiger partial charge >= 0.3 is 0 Å². The number of hydrogen-bond acceptors (Lipinski definition) is 3. The van der Waals surface area contributed by atoms with E-state index in [1.54, 1.807) is 0 Å². The van der Waals surface area contributed by atoms with Gasteiger partial charge in [-0.05, 0) is 25.3 Å². The van der Waals surface area contributed by atoms with Crippen LogP contribution in [0.3, 0.4) is 0 Å². The Morgan fingerprint density at radius 3 is 2.52 bits per heavy atom. The molecule has 4 heteroatoms. The molecule has 0 atom stereocenters. The quantitative estimate of drug-likeness (QED) is 0.940. The van der Waals surface area contributed by atoms with Gasteiger partial charge in [-0.25, -0.2) is 0 Å². The minimum atomic E-state index is 0.360. The molecule has 2 heterocycles. The Bertz CT molecular complexity index is 592. The van der Waals surface area contributed by atoms with Crippen molar-refractivity contribution in [2.24, 2.45) is 12.8 Å². The molecular weight excluding hydrogens is 260 g/mol. The van der Waals surface area contributed by atoms with Gasteiger partial charge in [0.15, 0.2) is 0 Å². The van der Waals surface area contributed by atoms with E-state index >= 15 is 0 Å². The Labute approximate surface area is 126 Å². The van der Waals surface area contributed by atoms with Crippen molar-refractivity contribution in [3.05, 3.63) is 47.3 Å². The van der Waals surface area contributed by atoms with Gasteiger partial charge in [0.05, 0.1) is 17.6 Å². The molecule has 0 aliphatic carbocycles. The predicted octanol–water partition coefficient (Wildman–Crippen LogP) is 2.25. The third-order valence-corrected chi connectivity index (χ3v) is 4.41. The molecule has 1 fully saturated rings. The van der Waals surface area contributed by atoms with Crippen molar-refractivity contribution in [2.75, 3.05) is 18.0 Å². The Morgan fingerprint density at radius 1 is 1.19 bits per heavy atom. The number of benzene rings is 1. The maximum Gasteiger partial charge on any atom is 0.0788 e. The summed E-state index contributed by atoms with van der Waals surface area (Å²) in [5, 5.41) is 4.47. The average Bonchev–Trinajstić information content (AvgIpc) is 2.84. The van der Waals surface area contributed by atoms with Crippen LogP contribution in [0, 0.1) is 6.92 Å². The summed E-state index contributed by atoms with van der Waals surface area (Å²) < 4.78 is 2.00. The lowest BCUT2D eigenvalue weighted by molar-refractivity contribution is 0.500. The standard InChI is InChI=1S/C17H24N4/c1-13-3-5-14(6-4-13)11-16-17(12-19-20(16)2)21-9-7-15(18)8-10-21/h3-6,12,15H,7-11,18H2,1-2H3. The Kier molecular flexibility index (Phi) is 3.97. The number of aryl methyl sites for hydroxylation is 2. The lowest BCUT2D eigenvalue weighted by atomic mass is 10.0. The van der Waals surface area contributed by atoms with E-state index in [2.05, 4.69) is 41.2 Å². The third kappa shape index (κ3) is 3.10. The largest absolute Gasteiger partial charge is 0.369 e.